The highest BCUT2D eigenvalue weighted by molar-refractivity contribution is 8.00. The molecule has 1 heterocycles. The Hall–Kier alpha value is -0.430. The van der Waals surface area contributed by atoms with Gasteiger partial charge >= 0.3 is 5.51 Å². The van der Waals surface area contributed by atoms with E-state index in [9.17, 15) is 13.2 Å². The Morgan fingerprint density at radius 1 is 1.26 bits per heavy atom. The first-order valence-electron chi connectivity index (χ1n) is 5.70. The molecule has 0 spiro atoms. The summed E-state index contributed by atoms with van der Waals surface area (Å²) in [5.41, 5.74) is -3.17. The zero-order chi connectivity index (χ0) is 13.2. The normalized spacial score (nSPS) is 16.1. The van der Waals surface area contributed by atoms with E-state index in [1.165, 1.54) is 12.1 Å². The quantitative estimate of drug-likeness (QED) is 0.860. The van der Waals surface area contributed by atoms with Crippen LogP contribution in [0.25, 0.3) is 0 Å². The Labute approximate surface area is 121 Å². The third-order valence-corrected chi connectivity index (χ3v) is 3.71. The number of benzene rings is 1. The summed E-state index contributed by atoms with van der Waals surface area (Å²) in [7, 11) is 2.03. The average Bonchev–Trinajstić information content (AvgIpc) is 2.16. The molecule has 19 heavy (non-hydrogen) atoms. The Kier molecular flexibility index (Phi) is 5.98. The van der Waals surface area contributed by atoms with Crippen molar-refractivity contribution < 1.29 is 13.2 Å². The molecule has 2 rings (SSSR count). The number of thioether (sulfide) groups is 1. The number of rotatable bonds is 4. The van der Waals surface area contributed by atoms with Gasteiger partial charge in [0.25, 0.3) is 0 Å². The van der Waals surface area contributed by atoms with Gasteiger partial charge in [-0.2, -0.15) is 13.2 Å². The number of alkyl halides is 3. The van der Waals surface area contributed by atoms with Crippen molar-refractivity contribution in [2.75, 3.05) is 20.1 Å². The summed E-state index contributed by atoms with van der Waals surface area (Å²) in [6.45, 7) is 2.74. The number of halogens is 4. The van der Waals surface area contributed by atoms with Gasteiger partial charge in [0.2, 0.25) is 0 Å². The van der Waals surface area contributed by atoms with Crippen molar-refractivity contribution in [1.29, 1.82) is 0 Å². The third kappa shape index (κ3) is 5.22. The highest BCUT2D eigenvalue weighted by Crippen LogP contribution is 2.36. The molecule has 1 aromatic rings. The van der Waals surface area contributed by atoms with E-state index < -0.39 is 5.51 Å². The number of hydrogen-bond donors (Lipinski definition) is 1. The van der Waals surface area contributed by atoms with Gasteiger partial charge in [0.1, 0.15) is 0 Å². The minimum Gasteiger partial charge on any atom is -0.314 e. The second kappa shape index (κ2) is 6.83. The molecule has 0 aliphatic carbocycles. The van der Waals surface area contributed by atoms with Crippen molar-refractivity contribution in [3.05, 3.63) is 29.8 Å². The van der Waals surface area contributed by atoms with Gasteiger partial charge in [-0.1, -0.05) is 12.1 Å². The van der Waals surface area contributed by atoms with E-state index in [2.05, 4.69) is 10.2 Å². The van der Waals surface area contributed by atoms with Crippen LogP contribution in [0.15, 0.2) is 29.2 Å². The predicted octanol–water partition coefficient (Wildman–Crippen LogP) is 3.12. The van der Waals surface area contributed by atoms with Crippen LogP contribution < -0.4 is 5.32 Å². The van der Waals surface area contributed by atoms with Gasteiger partial charge in [-0.25, -0.2) is 0 Å². The number of nitrogens with zero attached hydrogens (tertiary/aromatic N) is 1. The van der Waals surface area contributed by atoms with E-state index >= 15 is 0 Å². The molecule has 0 bridgehead atoms. The van der Waals surface area contributed by atoms with Gasteiger partial charge in [0.15, 0.2) is 0 Å². The maximum atomic E-state index is 12.2. The van der Waals surface area contributed by atoms with E-state index in [4.69, 9.17) is 0 Å². The molecule has 0 radical (unpaired) electrons. The third-order valence-electron chi connectivity index (χ3n) is 2.97. The standard InChI is InChI=1S/C12H15F3N2S.ClH/c1-17(10-6-16-7-10)8-9-2-4-11(5-3-9)18-12(13,14)15;/h2-5,10,16H,6-8H2,1H3;1H. The lowest BCUT2D eigenvalue weighted by Crippen LogP contribution is -2.55. The topological polar surface area (TPSA) is 15.3 Å². The van der Waals surface area contributed by atoms with Gasteiger partial charge in [-0.05, 0) is 36.5 Å². The first kappa shape index (κ1) is 16.6. The van der Waals surface area contributed by atoms with E-state index in [0.29, 0.717) is 6.04 Å². The summed E-state index contributed by atoms with van der Waals surface area (Å²) in [5.74, 6) is 0. The van der Waals surface area contributed by atoms with Gasteiger partial charge in [0, 0.05) is 30.6 Å². The molecule has 1 aliphatic rings. The fraction of sp³-hybridized carbons (Fsp3) is 0.500. The van der Waals surface area contributed by atoms with Crippen LogP contribution in [0, 0.1) is 0 Å². The van der Waals surface area contributed by atoms with Crippen molar-refractivity contribution in [3.63, 3.8) is 0 Å². The molecule has 1 aliphatic heterocycles. The Morgan fingerprint density at radius 3 is 2.26 bits per heavy atom. The maximum Gasteiger partial charge on any atom is 0.446 e. The summed E-state index contributed by atoms with van der Waals surface area (Å²) in [4.78, 5) is 2.45. The molecule has 0 aromatic heterocycles. The molecule has 108 valence electrons. The second-order valence-electron chi connectivity index (χ2n) is 4.42. The first-order chi connectivity index (χ1) is 8.44. The first-order valence-corrected chi connectivity index (χ1v) is 6.51. The van der Waals surface area contributed by atoms with Gasteiger partial charge in [0.05, 0.1) is 0 Å². The molecule has 0 atom stereocenters. The van der Waals surface area contributed by atoms with E-state index in [1.54, 1.807) is 12.1 Å². The second-order valence-corrected chi connectivity index (χ2v) is 5.56. The van der Waals surface area contributed by atoms with Crippen LogP contribution >= 0.6 is 24.2 Å². The van der Waals surface area contributed by atoms with Crippen molar-refractivity contribution in [1.82, 2.24) is 10.2 Å². The number of hydrogen-bond acceptors (Lipinski definition) is 3. The molecule has 1 saturated heterocycles. The van der Waals surface area contributed by atoms with Crippen LogP contribution in [0.3, 0.4) is 0 Å². The lowest BCUT2D eigenvalue weighted by molar-refractivity contribution is -0.0328. The lowest BCUT2D eigenvalue weighted by Gasteiger charge is -2.35. The van der Waals surface area contributed by atoms with Crippen molar-refractivity contribution >= 4 is 24.2 Å². The minimum atomic E-state index is -4.21. The van der Waals surface area contributed by atoms with Crippen molar-refractivity contribution in [3.8, 4) is 0 Å². The SMILES string of the molecule is CN(Cc1ccc(SC(F)(F)F)cc1)C1CNC1.Cl. The van der Waals surface area contributed by atoms with Crippen LogP contribution in [0.4, 0.5) is 13.2 Å². The number of likely N-dealkylation sites (N-methyl/N-ethyl adjacent to an activating group) is 1. The van der Waals surface area contributed by atoms with E-state index in [-0.39, 0.29) is 29.1 Å². The maximum absolute atomic E-state index is 12.2. The molecule has 0 unspecified atom stereocenters. The molecule has 0 amide bonds. The monoisotopic (exact) mass is 312 g/mol. The molecule has 7 heteroatoms. The van der Waals surface area contributed by atoms with Gasteiger partial charge in [-0.15, -0.1) is 12.4 Å². The molecular weight excluding hydrogens is 297 g/mol. The van der Waals surface area contributed by atoms with Crippen LogP contribution in [-0.4, -0.2) is 36.6 Å². The van der Waals surface area contributed by atoms with E-state index in [1.807, 2.05) is 7.05 Å². The summed E-state index contributed by atoms with van der Waals surface area (Å²) >= 11 is -0.0733. The predicted molar refractivity (Wildman–Crippen MR) is 73.7 cm³/mol. The largest absolute Gasteiger partial charge is 0.446 e. The van der Waals surface area contributed by atoms with Crippen LogP contribution in [0.5, 0.6) is 0 Å². The fourth-order valence-electron chi connectivity index (χ4n) is 1.80. The number of nitrogens with one attached hydrogen (secondary N) is 1. The summed E-state index contributed by atoms with van der Waals surface area (Å²) in [6, 6.07) is 7.11. The molecular formula is C12H16ClF3N2S. The van der Waals surface area contributed by atoms with E-state index in [0.717, 1.165) is 25.2 Å². The Balaban J connectivity index is 0.00000180. The Bertz CT molecular complexity index is 393. The van der Waals surface area contributed by atoms with Gasteiger partial charge < -0.3 is 5.32 Å². The summed E-state index contributed by atoms with van der Waals surface area (Å²) in [5, 5.41) is 3.19. The molecule has 0 saturated carbocycles. The lowest BCUT2D eigenvalue weighted by atomic mass is 10.1. The van der Waals surface area contributed by atoms with Crippen LogP contribution in [0.2, 0.25) is 0 Å². The molecule has 2 nitrogen and oxygen atoms in total. The van der Waals surface area contributed by atoms with Crippen molar-refractivity contribution in [2.24, 2.45) is 0 Å². The fourth-order valence-corrected chi connectivity index (χ4v) is 2.34. The summed E-state index contributed by atoms with van der Waals surface area (Å²) < 4.78 is 36.5. The van der Waals surface area contributed by atoms with Crippen LogP contribution in [-0.2, 0) is 6.54 Å². The van der Waals surface area contributed by atoms with Crippen LogP contribution in [0.1, 0.15) is 5.56 Å². The molecule has 1 N–H and O–H groups in total. The average molecular weight is 313 g/mol. The molecule has 1 aromatic carbocycles. The zero-order valence-electron chi connectivity index (χ0n) is 10.4. The highest BCUT2D eigenvalue weighted by Gasteiger charge is 2.29. The van der Waals surface area contributed by atoms with Crippen molar-refractivity contribution in [2.45, 2.75) is 23.0 Å². The Morgan fingerprint density at radius 2 is 1.84 bits per heavy atom. The van der Waals surface area contributed by atoms with Gasteiger partial charge in [-0.3, -0.25) is 4.90 Å². The highest BCUT2D eigenvalue weighted by atomic mass is 35.5. The molecule has 1 fully saturated rings. The summed E-state index contributed by atoms with van der Waals surface area (Å²) in [6.07, 6.45) is 0. The smallest absolute Gasteiger partial charge is 0.314 e. The zero-order valence-corrected chi connectivity index (χ0v) is 12.0. The minimum absolute atomic E-state index is 0.